The lowest BCUT2D eigenvalue weighted by Gasteiger charge is -2.21. The van der Waals surface area contributed by atoms with Gasteiger partial charge < -0.3 is 0 Å². The predicted molar refractivity (Wildman–Crippen MR) is 143 cm³/mol. The smallest absolute Gasteiger partial charge is 0.266 e. The van der Waals surface area contributed by atoms with E-state index in [9.17, 15) is 4.79 Å². The third-order valence-corrected chi connectivity index (χ3v) is 6.89. The van der Waals surface area contributed by atoms with Crippen LogP contribution < -0.4 is 10.4 Å². The van der Waals surface area contributed by atoms with Crippen molar-refractivity contribution in [3.63, 3.8) is 0 Å². The van der Waals surface area contributed by atoms with Gasteiger partial charge in [-0.2, -0.15) is 10.2 Å². The molecule has 0 aliphatic carbocycles. The van der Waals surface area contributed by atoms with Gasteiger partial charge in [-0.3, -0.25) is 4.79 Å². The SMILES string of the molecule is O=C(NN=Cc1ccccc1Cl)c1csc(N2N=C(c3ccccc3)CC2c2ccc(Cl)cc2)n1. The molecule has 5 rings (SSSR count). The lowest BCUT2D eigenvalue weighted by atomic mass is 9.99. The first-order chi connectivity index (χ1) is 17.1. The monoisotopic (exact) mass is 519 g/mol. The van der Waals surface area contributed by atoms with Crippen LogP contribution in [0.5, 0.6) is 0 Å². The summed E-state index contributed by atoms with van der Waals surface area (Å²) in [6.45, 7) is 0. The van der Waals surface area contributed by atoms with Gasteiger partial charge in [0.2, 0.25) is 5.13 Å². The molecule has 6 nitrogen and oxygen atoms in total. The third-order valence-electron chi connectivity index (χ3n) is 5.47. The molecule has 0 saturated carbocycles. The average molecular weight is 520 g/mol. The molecule has 1 N–H and O–H groups in total. The second kappa shape index (κ2) is 10.4. The van der Waals surface area contributed by atoms with Crippen molar-refractivity contribution in [2.75, 3.05) is 5.01 Å². The summed E-state index contributed by atoms with van der Waals surface area (Å²) in [5.41, 5.74) is 6.55. The van der Waals surface area contributed by atoms with Gasteiger partial charge in [0.05, 0.1) is 18.0 Å². The maximum Gasteiger partial charge on any atom is 0.290 e. The quantitative estimate of drug-likeness (QED) is 0.231. The normalized spacial score (nSPS) is 15.4. The number of hydrogen-bond acceptors (Lipinski definition) is 6. The van der Waals surface area contributed by atoms with Crippen LogP contribution in [0.4, 0.5) is 5.13 Å². The Morgan fingerprint density at radius 3 is 2.54 bits per heavy atom. The largest absolute Gasteiger partial charge is 0.290 e. The second-order valence-electron chi connectivity index (χ2n) is 7.76. The predicted octanol–water partition coefficient (Wildman–Crippen LogP) is 6.57. The summed E-state index contributed by atoms with van der Waals surface area (Å²) in [6, 6.07) is 25.0. The number of benzene rings is 3. The minimum absolute atomic E-state index is 0.0669. The summed E-state index contributed by atoms with van der Waals surface area (Å²) in [7, 11) is 0. The summed E-state index contributed by atoms with van der Waals surface area (Å²) >= 11 is 13.6. The van der Waals surface area contributed by atoms with Gasteiger partial charge in [-0.25, -0.2) is 15.4 Å². The lowest BCUT2D eigenvalue weighted by Crippen LogP contribution is -2.20. The summed E-state index contributed by atoms with van der Waals surface area (Å²) in [6.07, 6.45) is 2.20. The molecule has 9 heteroatoms. The number of carbonyl (C=O) groups is 1. The van der Waals surface area contributed by atoms with Gasteiger partial charge in [0.15, 0.2) is 0 Å². The molecular formula is C26H19Cl2N5OS. The Kier molecular flexibility index (Phi) is 6.90. The molecule has 0 saturated heterocycles. The molecule has 1 aliphatic heterocycles. The van der Waals surface area contributed by atoms with E-state index in [4.69, 9.17) is 28.3 Å². The summed E-state index contributed by atoms with van der Waals surface area (Å²) in [5, 5.41) is 14.3. The van der Waals surface area contributed by atoms with Crippen LogP contribution >= 0.6 is 34.5 Å². The van der Waals surface area contributed by atoms with Gasteiger partial charge in [0.25, 0.3) is 5.91 Å². The van der Waals surface area contributed by atoms with E-state index in [1.54, 1.807) is 11.4 Å². The first-order valence-corrected chi connectivity index (χ1v) is 12.4. The minimum atomic E-state index is -0.412. The van der Waals surface area contributed by atoms with E-state index in [0.29, 0.717) is 27.2 Å². The number of hydrazone groups is 2. The first-order valence-electron chi connectivity index (χ1n) is 10.8. The summed E-state index contributed by atoms with van der Waals surface area (Å²) in [5.74, 6) is -0.412. The van der Waals surface area contributed by atoms with Crippen molar-refractivity contribution in [2.24, 2.45) is 10.2 Å². The number of amides is 1. The van der Waals surface area contributed by atoms with Crippen LogP contribution in [-0.2, 0) is 0 Å². The Morgan fingerprint density at radius 1 is 1.03 bits per heavy atom. The van der Waals surface area contributed by atoms with E-state index in [1.165, 1.54) is 17.6 Å². The van der Waals surface area contributed by atoms with Crippen LogP contribution in [0.25, 0.3) is 0 Å². The molecule has 4 aromatic rings. The van der Waals surface area contributed by atoms with Crippen LogP contribution in [0.1, 0.15) is 39.6 Å². The minimum Gasteiger partial charge on any atom is -0.266 e. The Hall–Kier alpha value is -3.52. The number of carbonyl (C=O) groups excluding carboxylic acids is 1. The fraction of sp³-hybridized carbons (Fsp3) is 0.0769. The van der Waals surface area contributed by atoms with E-state index in [1.807, 2.05) is 77.8 Å². The van der Waals surface area contributed by atoms with Crippen LogP contribution in [0, 0.1) is 0 Å². The number of aromatic nitrogens is 1. The third kappa shape index (κ3) is 5.27. The second-order valence-corrected chi connectivity index (χ2v) is 9.44. The van der Waals surface area contributed by atoms with Crippen molar-refractivity contribution in [3.8, 4) is 0 Å². The van der Waals surface area contributed by atoms with E-state index in [0.717, 1.165) is 16.8 Å². The maximum absolute atomic E-state index is 12.6. The van der Waals surface area contributed by atoms with E-state index >= 15 is 0 Å². The van der Waals surface area contributed by atoms with Crippen molar-refractivity contribution in [3.05, 3.63) is 117 Å². The van der Waals surface area contributed by atoms with E-state index in [2.05, 4.69) is 15.5 Å². The van der Waals surface area contributed by atoms with Crippen LogP contribution in [-0.4, -0.2) is 22.8 Å². The molecule has 0 bridgehead atoms. The van der Waals surface area contributed by atoms with Crippen LogP contribution in [0.2, 0.25) is 10.0 Å². The van der Waals surface area contributed by atoms with Crippen LogP contribution in [0.15, 0.2) is 94.4 Å². The van der Waals surface area contributed by atoms with Crippen molar-refractivity contribution in [2.45, 2.75) is 12.5 Å². The molecule has 174 valence electrons. The van der Waals surface area contributed by atoms with Gasteiger partial charge in [-0.15, -0.1) is 11.3 Å². The lowest BCUT2D eigenvalue weighted by molar-refractivity contribution is 0.0951. The standard InChI is InChI=1S/C26H19Cl2N5OS/c27-20-12-10-18(11-13-20)24-14-22(17-6-2-1-3-7-17)32-33(24)26-30-23(16-35-26)25(34)31-29-15-19-8-4-5-9-21(19)28/h1-13,15-16,24H,14H2,(H,31,34). The number of rotatable bonds is 6. The molecule has 35 heavy (non-hydrogen) atoms. The number of nitrogens with one attached hydrogen (secondary N) is 1. The van der Waals surface area contributed by atoms with Crippen LogP contribution in [0.3, 0.4) is 0 Å². The topological polar surface area (TPSA) is 70.0 Å². The fourth-order valence-corrected chi connectivity index (χ4v) is 4.82. The Bertz CT molecular complexity index is 1400. The average Bonchev–Trinajstić information content (AvgIpc) is 3.54. The molecule has 1 aromatic heterocycles. The van der Waals surface area contributed by atoms with Gasteiger partial charge in [0, 0.05) is 27.4 Å². The fourth-order valence-electron chi connectivity index (χ4n) is 3.71. The highest BCUT2D eigenvalue weighted by Crippen LogP contribution is 2.38. The number of hydrogen-bond donors (Lipinski definition) is 1. The molecule has 1 amide bonds. The molecule has 1 atom stereocenters. The number of halogens is 2. The Labute approximate surface area is 216 Å². The molecule has 3 aromatic carbocycles. The molecule has 0 radical (unpaired) electrons. The van der Waals surface area contributed by atoms with Crippen molar-refractivity contribution < 1.29 is 4.79 Å². The highest BCUT2D eigenvalue weighted by Gasteiger charge is 2.32. The van der Waals surface area contributed by atoms with Crippen molar-refractivity contribution >= 4 is 57.5 Å². The van der Waals surface area contributed by atoms with Gasteiger partial charge in [0.1, 0.15) is 5.69 Å². The van der Waals surface area contributed by atoms with E-state index in [-0.39, 0.29) is 11.7 Å². The maximum atomic E-state index is 12.6. The molecular weight excluding hydrogens is 501 g/mol. The van der Waals surface area contributed by atoms with E-state index < -0.39 is 5.91 Å². The Balaban J connectivity index is 1.38. The van der Waals surface area contributed by atoms with Crippen molar-refractivity contribution in [1.29, 1.82) is 0 Å². The number of anilines is 1. The Morgan fingerprint density at radius 2 is 1.77 bits per heavy atom. The number of thiazole rings is 1. The zero-order chi connectivity index (χ0) is 24.2. The molecule has 1 aliphatic rings. The molecule has 0 fully saturated rings. The zero-order valence-electron chi connectivity index (χ0n) is 18.3. The first kappa shape index (κ1) is 23.2. The highest BCUT2D eigenvalue weighted by molar-refractivity contribution is 7.14. The highest BCUT2D eigenvalue weighted by atomic mass is 35.5. The zero-order valence-corrected chi connectivity index (χ0v) is 20.6. The number of nitrogens with zero attached hydrogens (tertiary/aromatic N) is 4. The van der Waals surface area contributed by atoms with Gasteiger partial charge in [-0.05, 0) is 29.3 Å². The molecule has 0 spiro atoms. The van der Waals surface area contributed by atoms with Gasteiger partial charge in [-0.1, -0.05) is 83.9 Å². The summed E-state index contributed by atoms with van der Waals surface area (Å²) in [4.78, 5) is 17.2. The van der Waals surface area contributed by atoms with Gasteiger partial charge >= 0.3 is 0 Å². The molecule has 2 heterocycles. The summed E-state index contributed by atoms with van der Waals surface area (Å²) < 4.78 is 0. The van der Waals surface area contributed by atoms with Crippen molar-refractivity contribution in [1.82, 2.24) is 10.4 Å². The molecule has 1 unspecified atom stereocenters.